The van der Waals surface area contributed by atoms with Gasteiger partial charge in [0.2, 0.25) is 5.91 Å². The lowest BCUT2D eigenvalue weighted by Crippen LogP contribution is -2.24. The largest absolute Gasteiger partial charge is 0.493 e. The zero-order valence-corrected chi connectivity index (χ0v) is 16.5. The lowest BCUT2D eigenvalue weighted by molar-refractivity contribution is -0.117. The molecule has 0 aromatic heterocycles. The van der Waals surface area contributed by atoms with Crippen molar-refractivity contribution in [1.29, 1.82) is 5.26 Å². The quantitative estimate of drug-likeness (QED) is 0.640. The van der Waals surface area contributed by atoms with Gasteiger partial charge in [-0.3, -0.25) is 4.79 Å². The molecule has 1 heterocycles. The fraction of sp³-hybridized carbons (Fsp3) is 0.167. The van der Waals surface area contributed by atoms with Crippen molar-refractivity contribution in [2.24, 2.45) is 0 Å². The fourth-order valence-electron chi connectivity index (χ4n) is 3.66. The lowest BCUT2D eigenvalue weighted by Gasteiger charge is -2.18. The fourth-order valence-corrected chi connectivity index (χ4v) is 3.66. The average Bonchev–Trinajstić information content (AvgIpc) is 3.15. The first kappa shape index (κ1) is 19.3. The number of nitrogens with zero attached hydrogens (tertiary/aromatic N) is 2. The maximum absolute atomic E-state index is 12.6. The Hall–Kier alpha value is -3.98. The van der Waals surface area contributed by atoms with Gasteiger partial charge in [-0.15, -0.1) is 0 Å². The lowest BCUT2D eigenvalue weighted by atomic mass is 9.98. The molecule has 0 aliphatic carbocycles. The summed E-state index contributed by atoms with van der Waals surface area (Å²) >= 11 is 0. The summed E-state index contributed by atoms with van der Waals surface area (Å²) < 4.78 is 11.4. The van der Waals surface area contributed by atoms with Crippen LogP contribution < -0.4 is 20.1 Å². The highest BCUT2D eigenvalue weighted by molar-refractivity contribution is 5.96. The van der Waals surface area contributed by atoms with E-state index in [0.29, 0.717) is 41.5 Å². The van der Waals surface area contributed by atoms with Gasteiger partial charge in [0.05, 0.1) is 18.7 Å². The molecule has 3 aromatic carbocycles. The highest BCUT2D eigenvalue weighted by Crippen LogP contribution is 2.38. The van der Waals surface area contributed by atoms with E-state index in [1.54, 1.807) is 42.3 Å². The monoisotopic (exact) mass is 399 g/mol. The minimum Gasteiger partial charge on any atom is -0.493 e. The summed E-state index contributed by atoms with van der Waals surface area (Å²) in [6.45, 7) is 0.567. The second-order valence-electron chi connectivity index (χ2n) is 7.15. The Morgan fingerprint density at radius 1 is 1.07 bits per heavy atom. The summed E-state index contributed by atoms with van der Waals surface area (Å²) in [6, 6.07) is 22.1. The molecule has 0 saturated carbocycles. The first-order chi connectivity index (χ1) is 14.6. The Morgan fingerprint density at radius 3 is 2.67 bits per heavy atom. The van der Waals surface area contributed by atoms with E-state index in [4.69, 9.17) is 20.5 Å². The molecule has 6 heteroatoms. The third kappa shape index (κ3) is 3.91. The molecule has 1 fully saturated rings. The number of hydrogen-bond acceptors (Lipinski definition) is 5. The number of benzene rings is 3. The van der Waals surface area contributed by atoms with E-state index >= 15 is 0 Å². The third-order valence-corrected chi connectivity index (χ3v) is 5.16. The van der Waals surface area contributed by atoms with Gasteiger partial charge in [0.15, 0.2) is 11.5 Å². The van der Waals surface area contributed by atoms with E-state index in [1.807, 2.05) is 36.4 Å². The maximum Gasteiger partial charge on any atom is 0.227 e. The maximum atomic E-state index is 12.6. The summed E-state index contributed by atoms with van der Waals surface area (Å²) in [7, 11) is 1.58. The number of nitrogens with two attached hydrogens (primary N) is 1. The van der Waals surface area contributed by atoms with Crippen LogP contribution in [0.5, 0.6) is 17.2 Å². The molecule has 1 aliphatic rings. The Bertz CT molecular complexity index is 1140. The summed E-state index contributed by atoms with van der Waals surface area (Å²) in [5, 5.41) is 9.10. The first-order valence-electron chi connectivity index (χ1n) is 9.59. The van der Waals surface area contributed by atoms with Crippen LogP contribution in [-0.2, 0) is 4.79 Å². The molecule has 1 atom stereocenters. The number of methoxy groups -OCH3 is 1. The van der Waals surface area contributed by atoms with E-state index in [-0.39, 0.29) is 11.8 Å². The predicted molar refractivity (Wildman–Crippen MR) is 115 cm³/mol. The van der Waals surface area contributed by atoms with Crippen molar-refractivity contribution in [2.45, 2.75) is 12.3 Å². The second kappa shape index (κ2) is 8.18. The predicted octanol–water partition coefficient (Wildman–Crippen LogP) is 4.46. The number of nitrogen functional groups attached to an aromatic ring is 1. The number of carbonyl (C=O) groups is 1. The van der Waals surface area contributed by atoms with Crippen LogP contribution in [0.2, 0.25) is 0 Å². The van der Waals surface area contributed by atoms with Gasteiger partial charge in [-0.1, -0.05) is 18.2 Å². The van der Waals surface area contributed by atoms with Gasteiger partial charge in [-0.25, -0.2) is 0 Å². The molecule has 2 N–H and O–H groups in total. The van der Waals surface area contributed by atoms with E-state index in [9.17, 15) is 4.79 Å². The first-order valence-corrected chi connectivity index (χ1v) is 9.59. The van der Waals surface area contributed by atoms with Crippen LogP contribution in [0.15, 0.2) is 66.7 Å². The van der Waals surface area contributed by atoms with E-state index in [2.05, 4.69) is 6.07 Å². The molecular weight excluding hydrogens is 378 g/mol. The molecule has 0 spiro atoms. The molecule has 1 amide bonds. The topological polar surface area (TPSA) is 88.6 Å². The smallest absolute Gasteiger partial charge is 0.227 e. The average molecular weight is 399 g/mol. The van der Waals surface area contributed by atoms with Crippen molar-refractivity contribution in [1.82, 2.24) is 0 Å². The summed E-state index contributed by atoms with van der Waals surface area (Å²) in [5.41, 5.74) is 8.81. The SMILES string of the molecule is COc1ccc(C2CC(=O)N(c3cccc(N)c3)C2)cc1Oc1cccc(C#N)c1. The molecule has 1 saturated heterocycles. The van der Waals surface area contributed by atoms with E-state index in [1.165, 1.54) is 0 Å². The number of hydrogen-bond donors (Lipinski definition) is 1. The molecule has 0 bridgehead atoms. The minimum absolute atomic E-state index is 0.0256. The van der Waals surface area contributed by atoms with Crippen LogP contribution in [0.25, 0.3) is 0 Å². The molecule has 1 aliphatic heterocycles. The number of anilines is 2. The highest BCUT2D eigenvalue weighted by atomic mass is 16.5. The minimum atomic E-state index is 0.0256. The van der Waals surface area contributed by atoms with E-state index in [0.717, 1.165) is 11.3 Å². The Morgan fingerprint density at radius 2 is 1.90 bits per heavy atom. The van der Waals surface area contributed by atoms with Crippen molar-refractivity contribution in [3.8, 4) is 23.3 Å². The van der Waals surface area contributed by atoms with Gasteiger partial charge >= 0.3 is 0 Å². The number of amides is 1. The van der Waals surface area contributed by atoms with Crippen molar-refractivity contribution in [2.75, 3.05) is 24.3 Å². The van der Waals surface area contributed by atoms with Crippen molar-refractivity contribution < 1.29 is 14.3 Å². The van der Waals surface area contributed by atoms with Crippen LogP contribution in [0, 0.1) is 11.3 Å². The van der Waals surface area contributed by atoms with Gasteiger partial charge in [0.1, 0.15) is 5.75 Å². The van der Waals surface area contributed by atoms with Crippen LogP contribution in [0.4, 0.5) is 11.4 Å². The van der Waals surface area contributed by atoms with Gasteiger partial charge in [0.25, 0.3) is 0 Å². The Balaban J connectivity index is 1.60. The van der Waals surface area contributed by atoms with E-state index < -0.39 is 0 Å². The number of ether oxygens (including phenoxy) is 2. The Labute approximate surface area is 175 Å². The molecule has 150 valence electrons. The summed E-state index contributed by atoms with van der Waals surface area (Å²) in [4.78, 5) is 14.4. The summed E-state index contributed by atoms with van der Waals surface area (Å²) in [6.07, 6.45) is 0.407. The zero-order chi connectivity index (χ0) is 21.1. The van der Waals surface area contributed by atoms with Crippen LogP contribution >= 0.6 is 0 Å². The molecule has 4 rings (SSSR count). The number of rotatable bonds is 5. The number of nitriles is 1. The molecule has 30 heavy (non-hydrogen) atoms. The van der Waals surface area contributed by atoms with Crippen molar-refractivity contribution in [3.05, 3.63) is 77.9 Å². The molecular formula is C24H21N3O3. The van der Waals surface area contributed by atoms with Crippen molar-refractivity contribution >= 4 is 17.3 Å². The van der Waals surface area contributed by atoms with Gasteiger partial charge in [-0.05, 0) is 54.1 Å². The van der Waals surface area contributed by atoms with Crippen LogP contribution in [0.3, 0.4) is 0 Å². The Kier molecular flexibility index (Phi) is 5.27. The van der Waals surface area contributed by atoms with Crippen LogP contribution in [-0.4, -0.2) is 19.6 Å². The van der Waals surface area contributed by atoms with Gasteiger partial charge in [-0.2, -0.15) is 5.26 Å². The standard InChI is InChI=1S/C24H21N3O3/c1-29-22-9-8-17(11-23(22)30-21-7-2-4-16(10-21)14-25)18-12-24(28)27(15-18)20-6-3-5-19(26)13-20/h2-11,13,18H,12,15,26H2,1H3. The molecule has 6 nitrogen and oxygen atoms in total. The summed E-state index contributed by atoms with van der Waals surface area (Å²) in [5.74, 6) is 1.76. The third-order valence-electron chi connectivity index (χ3n) is 5.16. The highest BCUT2D eigenvalue weighted by Gasteiger charge is 2.32. The molecule has 0 radical (unpaired) electrons. The van der Waals surface area contributed by atoms with Crippen molar-refractivity contribution in [3.63, 3.8) is 0 Å². The van der Waals surface area contributed by atoms with Crippen LogP contribution in [0.1, 0.15) is 23.5 Å². The number of carbonyl (C=O) groups excluding carboxylic acids is 1. The van der Waals surface area contributed by atoms with Gasteiger partial charge < -0.3 is 20.1 Å². The molecule has 3 aromatic rings. The van der Waals surface area contributed by atoms with Gasteiger partial charge in [0, 0.05) is 30.3 Å². The second-order valence-corrected chi connectivity index (χ2v) is 7.15. The normalized spacial score (nSPS) is 15.7. The molecule has 1 unspecified atom stereocenters. The zero-order valence-electron chi connectivity index (χ0n) is 16.5.